The van der Waals surface area contributed by atoms with Gasteiger partial charge in [0.05, 0.1) is 12.3 Å². The van der Waals surface area contributed by atoms with Crippen LogP contribution in [0.3, 0.4) is 0 Å². The van der Waals surface area contributed by atoms with Crippen LogP contribution in [0.25, 0.3) is 0 Å². The molecule has 0 saturated carbocycles. The Bertz CT molecular complexity index is 3590. The average molecular weight is 1070 g/mol. The normalized spacial score (nSPS) is 14.9. The van der Waals surface area contributed by atoms with Gasteiger partial charge >= 0.3 is 0 Å². The van der Waals surface area contributed by atoms with E-state index in [4.69, 9.17) is 82.9 Å². The minimum atomic E-state index is -1.46. The van der Waals surface area contributed by atoms with Crippen LogP contribution in [0.2, 0.25) is 0 Å². The first-order chi connectivity index (χ1) is 39.7. The van der Waals surface area contributed by atoms with E-state index in [1.807, 2.05) is 66.4 Å². The number of anilines is 1. The lowest BCUT2D eigenvalue weighted by atomic mass is 9.69. The molecule has 0 N–H and O–H groups in total. The largest absolute Gasteiger partial charge is 0.490 e. The van der Waals surface area contributed by atoms with Crippen LogP contribution in [0.4, 0.5) is 5.69 Å². The fourth-order valence-corrected chi connectivity index (χ4v) is 10.5. The predicted octanol–water partition coefficient (Wildman–Crippen LogP) is 9.37. The minimum Gasteiger partial charge on any atom is -0.490 e. The van der Waals surface area contributed by atoms with Gasteiger partial charge in [0, 0.05) is 36.0 Å². The summed E-state index contributed by atoms with van der Waals surface area (Å²) in [6.07, 6.45) is 45.4. The van der Waals surface area contributed by atoms with Gasteiger partial charge < -0.3 is 47.7 Å². The second-order valence-electron chi connectivity index (χ2n) is 18.2. The Labute approximate surface area is 474 Å². The number of terminal acetylenes is 7. The molecule has 2 heterocycles. The summed E-state index contributed by atoms with van der Waals surface area (Å²) in [7, 11) is 0. The van der Waals surface area contributed by atoms with Crippen LogP contribution in [0.1, 0.15) is 60.4 Å². The van der Waals surface area contributed by atoms with Crippen molar-refractivity contribution in [2.24, 2.45) is 0 Å². The highest BCUT2D eigenvalue weighted by Crippen LogP contribution is 2.54. The second-order valence-corrected chi connectivity index (χ2v) is 18.2. The maximum atomic E-state index is 15.8. The molecule has 8 rings (SSSR count). The molecule has 0 spiro atoms. The standard InChI is InChI=1S/C69H56N2O10/c1-9-39-75-58-33-29-50(46-62(58)74-16-8)68(51-30-34-59(76-40-10-2)63(47-51)79-43-13-5)54-25-19-21-27-56(54)70(66(68)72)37-23-17-18-24-38-71-57-28-22-20-26-55(57)69(67(71)73,52-31-35-60(77-41-11-3)64(48-52)80-44-14-6)53-32-36-61(78-42-12-4)65(49-53)81-45-15-7/h1-7,20,22,25-36,46-49H,16-18,23-24,37-45H2,8H3. The van der Waals surface area contributed by atoms with E-state index in [0.717, 1.165) is 5.69 Å². The molecule has 12 heteroatoms. The van der Waals surface area contributed by atoms with Gasteiger partial charge in [0.2, 0.25) is 11.8 Å². The Morgan fingerprint density at radius 2 is 0.778 bits per heavy atom. The number of allylic oxidation sites excluding steroid dienone is 2. The molecule has 0 bridgehead atoms. The van der Waals surface area contributed by atoms with Gasteiger partial charge in [0.1, 0.15) is 57.1 Å². The summed E-state index contributed by atoms with van der Waals surface area (Å²) in [5.74, 6) is 19.8. The van der Waals surface area contributed by atoms with Crippen molar-refractivity contribution >= 4 is 17.5 Å². The highest BCUT2D eigenvalue weighted by atomic mass is 16.5. The summed E-state index contributed by atoms with van der Waals surface area (Å²) < 4.78 is 47.7. The van der Waals surface area contributed by atoms with Crippen LogP contribution in [0.15, 0.2) is 132 Å². The minimum absolute atomic E-state index is 0.0103. The van der Waals surface area contributed by atoms with Gasteiger partial charge in [0.15, 0.2) is 46.0 Å². The van der Waals surface area contributed by atoms with Crippen molar-refractivity contribution in [1.82, 2.24) is 4.90 Å². The van der Waals surface area contributed by atoms with Crippen LogP contribution >= 0.6 is 0 Å². The van der Waals surface area contributed by atoms with Gasteiger partial charge in [-0.2, -0.15) is 0 Å². The van der Waals surface area contributed by atoms with E-state index in [-0.39, 0.29) is 58.1 Å². The van der Waals surface area contributed by atoms with Crippen molar-refractivity contribution in [2.45, 2.75) is 43.4 Å². The monoisotopic (exact) mass is 1070 g/mol. The van der Waals surface area contributed by atoms with Gasteiger partial charge in [-0.1, -0.05) is 108 Å². The van der Waals surface area contributed by atoms with E-state index in [2.05, 4.69) is 52.9 Å². The molecule has 0 radical (unpaired) electrons. The van der Waals surface area contributed by atoms with E-state index < -0.39 is 10.8 Å². The molecule has 1 aliphatic carbocycles. The Hall–Kier alpha value is -10.6. The number of ether oxygens (including phenoxy) is 8. The van der Waals surface area contributed by atoms with Crippen LogP contribution in [0.5, 0.6) is 46.0 Å². The Kier molecular flexibility index (Phi) is 18.6. The molecular formula is C69H56N2O10. The molecule has 1 atom stereocenters. The lowest BCUT2D eigenvalue weighted by molar-refractivity contribution is -0.130. The summed E-state index contributed by atoms with van der Waals surface area (Å²) in [5, 5.41) is 0. The summed E-state index contributed by atoms with van der Waals surface area (Å²) in [6.45, 7) is 2.60. The number of nitrogens with zero attached hydrogens (tertiary/aromatic N) is 2. The predicted molar refractivity (Wildman–Crippen MR) is 310 cm³/mol. The van der Waals surface area contributed by atoms with Crippen molar-refractivity contribution in [3.05, 3.63) is 160 Å². The summed E-state index contributed by atoms with van der Waals surface area (Å²) in [6, 6.07) is 28.9. The summed E-state index contributed by atoms with van der Waals surface area (Å²) >= 11 is 0. The third-order valence-corrected chi connectivity index (χ3v) is 13.7. The Morgan fingerprint density at radius 1 is 0.420 bits per heavy atom. The Balaban J connectivity index is 1.10. The first kappa shape index (κ1) is 56.6. The van der Waals surface area contributed by atoms with Crippen molar-refractivity contribution in [2.75, 3.05) is 70.8 Å². The highest BCUT2D eigenvalue weighted by Gasteiger charge is 2.56. The zero-order valence-electron chi connectivity index (χ0n) is 44.8. The van der Waals surface area contributed by atoms with E-state index in [1.165, 1.54) is 0 Å². The maximum Gasteiger partial charge on any atom is 0.246 e. The third-order valence-electron chi connectivity index (χ3n) is 13.7. The quantitative estimate of drug-likeness (QED) is 0.0287. The van der Waals surface area contributed by atoms with E-state index in [0.29, 0.717) is 130 Å². The molecule has 0 aromatic heterocycles. The molecule has 402 valence electrons. The molecular weight excluding hydrogens is 1020 g/mol. The van der Waals surface area contributed by atoms with Gasteiger partial charge in [0.25, 0.3) is 0 Å². The summed E-state index contributed by atoms with van der Waals surface area (Å²) in [5.41, 5.74) is 8.33. The fourth-order valence-electron chi connectivity index (χ4n) is 10.5. The third kappa shape index (κ3) is 11.3. The average Bonchev–Trinajstić information content (AvgIpc) is 4.17. The lowest BCUT2D eigenvalue weighted by Crippen LogP contribution is -2.42. The molecule has 2 aliphatic heterocycles. The van der Waals surface area contributed by atoms with Crippen LogP contribution < -0.4 is 42.8 Å². The molecule has 12 nitrogen and oxygen atoms in total. The van der Waals surface area contributed by atoms with E-state index in [1.54, 1.807) is 59.5 Å². The Morgan fingerprint density at radius 3 is 1.20 bits per heavy atom. The molecule has 5 aromatic carbocycles. The number of amides is 2. The van der Waals surface area contributed by atoms with Gasteiger partial charge in [-0.15, -0.1) is 45.0 Å². The maximum absolute atomic E-state index is 15.8. The van der Waals surface area contributed by atoms with Gasteiger partial charge in [-0.25, -0.2) is 0 Å². The smallest absolute Gasteiger partial charge is 0.246 e. The molecule has 5 aromatic rings. The number of carbonyl (C=O) groups excluding carboxylic acids is 2. The number of hydrogen-bond acceptors (Lipinski definition) is 10. The number of rotatable bonds is 27. The van der Waals surface area contributed by atoms with Gasteiger partial charge in [-0.3, -0.25) is 9.59 Å². The van der Waals surface area contributed by atoms with Crippen LogP contribution in [-0.2, 0) is 20.4 Å². The van der Waals surface area contributed by atoms with Crippen molar-refractivity contribution in [3.8, 4) is 132 Å². The van der Waals surface area contributed by atoms with Crippen LogP contribution in [0, 0.1) is 86.4 Å². The van der Waals surface area contributed by atoms with E-state index >= 15 is 9.59 Å². The number of benzene rings is 5. The fraction of sp³-hybridized carbons (Fsp3) is 0.246. The molecule has 81 heavy (non-hydrogen) atoms. The molecule has 0 saturated heterocycles. The molecule has 1 unspecified atom stereocenters. The first-order valence-corrected chi connectivity index (χ1v) is 26.0. The summed E-state index contributed by atoms with van der Waals surface area (Å²) in [4.78, 5) is 35.2. The molecule has 2 amide bonds. The van der Waals surface area contributed by atoms with Crippen molar-refractivity contribution in [3.63, 3.8) is 0 Å². The van der Waals surface area contributed by atoms with Gasteiger partial charge in [-0.05, 0) is 103 Å². The zero-order chi connectivity index (χ0) is 57.2. The lowest BCUT2D eigenvalue weighted by Gasteiger charge is -2.32. The van der Waals surface area contributed by atoms with E-state index in [9.17, 15) is 0 Å². The highest BCUT2D eigenvalue weighted by molar-refractivity contribution is 6.13. The topological polar surface area (TPSA) is 114 Å². The number of carbonyl (C=O) groups is 2. The number of fused-ring (bicyclic) bond motifs is 1. The number of unbranched alkanes of at least 4 members (excludes halogenated alkanes) is 3. The number of para-hydroxylation sites is 1. The zero-order valence-corrected chi connectivity index (χ0v) is 44.8. The SMILES string of the molecule is C#CCOc1ccc(C2(c3ccc(OCC#C)c(OCC#C)c3)C(=O)N(CCCCCCN3C(=O)C(c4ccc(OCC#C)c(OCC#C)c4)(c4ccc(OCC#C)c(OCC#C)c4)c4ccccc43)C3=C2C=C=C=C3)cc1OCC. The molecule has 0 fully saturated rings. The van der Waals surface area contributed by atoms with Crippen molar-refractivity contribution < 1.29 is 47.5 Å². The number of hydrogen-bond donors (Lipinski definition) is 0. The van der Waals surface area contributed by atoms with Crippen molar-refractivity contribution in [1.29, 1.82) is 0 Å². The molecule has 3 aliphatic rings. The van der Waals surface area contributed by atoms with Crippen LogP contribution in [-0.4, -0.2) is 82.7 Å². The first-order valence-electron chi connectivity index (χ1n) is 26.0. The second kappa shape index (κ2) is 26.6.